The van der Waals surface area contributed by atoms with Crippen molar-refractivity contribution in [3.05, 3.63) is 11.7 Å². The Balaban J connectivity index is 2.12. The minimum Gasteiger partial charge on any atom is -0.376 e. The summed E-state index contributed by atoms with van der Waals surface area (Å²) in [6, 6.07) is 0. The number of ether oxygens (including phenoxy) is 2. The van der Waals surface area contributed by atoms with Gasteiger partial charge in [0.25, 0.3) is 5.89 Å². The maximum atomic E-state index is 6.02. The molecule has 1 saturated heterocycles. The molecule has 0 bridgehead atoms. The van der Waals surface area contributed by atoms with Crippen molar-refractivity contribution < 1.29 is 14.0 Å². The van der Waals surface area contributed by atoms with Gasteiger partial charge in [0.05, 0.1) is 25.4 Å². The average molecular weight is 227 g/mol. The number of hydrogen-bond donors (Lipinski definition) is 1. The summed E-state index contributed by atoms with van der Waals surface area (Å²) in [7, 11) is 0. The van der Waals surface area contributed by atoms with Gasteiger partial charge in [-0.25, -0.2) is 0 Å². The molecular weight excluding hydrogens is 210 g/mol. The highest BCUT2D eigenvalue weighted by Crippen LogP contribution is 2.23. The summed E-state index contributed by atoms with van der Waals surface area (Å²) < 4.78 is 15.9. The van der Waals surface area contributed by atoms with Crippen LogP contribution in [0.3, 0.4) is 0 Å². The monoisotopic (exact) mass is 227 g/mol. The van der Waals surface area contributed by atoms with E-state index in [2.05, 4.69) is 10.1 Å². The molecule has 1 aliphatic heterocycles. The Bertz CT molecular complexity index is 345. The van der Waals surface area contributed by atoms with Crippen molar-refractivity contribution in [3.63, 3.8) is 0 Å². The fraction of sp³-hybridized carbons (Fsp3) is 0.800. The molecule has 6 heteroatoms. The van der Waals surface area contributed by atoms with Gasteiger partial charge in [0.1, 0.15) is 0 Å². The summed E-state index contributed by atoms with van der Waals surface area (Å²) in [6.45, 7) is 5.47. The Hall–Kier alpha value is -0.980. The molecule has 2 heterocycles. The second-order valence-corrected chi connectivity index (χ2v) is 4.16. The molecule has 0 aliphatic carbocycles. The lowest BCUT2D eigenvalue weighted by molar-refractivity contribution is -0.101. The van der Waals surface area contributed by atoms with Gasteiger partial charge < -0.3 is 19.7 Å². The van der Waals surface area contributed by atoms with Crippen LogP contribution in [0.1, 0.15) is 38.1 Å². The number of hydrogen-bond acceptors (Lipinski definition) is 6. The molecule has 1 fully saturated rings. The molecule has 1 aliphatic rings. The first-order valence-corrected chi connectivity index (χ1v) is 5.46. The topological polar surface area (TPSA) is 83.4 Å². The van der Waals surface area contributed by atoms with Gasteiger partial charge in [-0.15, -0.1) is 0 Å². The van der Waals surface area contributed by atoms with Crippen LogP contribution in [0, 0.1) is 0 Å². The fourth-order valence-corrected chi connectivity index (χ4v) is 1.39. The second-order valence-electron chi connectivity index (χ2n) is 4.16. The van der Waals surface area contributed by atoms with Gasteiger partial charge in [-0.05, 0) is 13.3 Å². The van der Waals surface area contributed by atoms with E-state index in [1.165, 1.54) is 0 Å². The van der Waals surface area contributed by atoms with Gasteiger partial charge in [0.2, 0.25) is 0 Å². The maximum Gasteiger partial charge on any atom is 0.258 e. The Labute approximate surface area is 94.1 Å². The van der Waals surface area contributed by atoms with Crippen LogP contribution in [-0.4, -0.2) is 30.0 Å². The predicted octanol–water partition coefficient (Wildman–Crippen LogP) is 0.741. The summed E-state index contributed by atoms with van der Waals surface area (Å²) in [5.74, 6) is 0.957. The van der Waals surface area contributed by atoms with E-state index >= 15 is 0 Å². The largest absolute Gasteiger partial charge is 0.376 e. The molecule has 0 aromatic carbocycles. The molecule has 6 nitrogen and oxygen atoms in total. The van der Waals surface area contributed by atoms with Gasteiger partial charge in [-0.3, -0.25) is 0 Å². The maximum absolute atomic E-state index is 6.02. The van der Waals surface area contributed by atoms with Crippen molar-refractivity contribution in [2.45, 2.75) is 31.9 Å². The van der Waals surface area contributed by atoms with Crippen LogP contribution in [0.2, 0.25) is 0 Å². The lowest BCUT2D eigenvalue weighted by Gasteiger charge is -2.19. The first-order chi connectivity index (χ1) is 7.63. The summed E-state index contributed by atoms with van der Waals surface area (Å²) in [5.41, 5.74) is 5.46. The Morgan fingerprint density at radius 1 is 1.50 bits per heavy atom. The number of rotatable bonds is 3. The Kier molecular flexibility index (Phi) is 3.22. The van der Waals surface area contributed by atoms with Gasteiger partial charge in [0, 0.05) is 0 Å². The van der Waals surface area contributed by atoms with Crippen LogP contribution in [0.5, 0.6) is 0 Å². The third kappa shape index (κ3) is 2.23. The van der Waals surface area contributed by atoms with Crippen molar-refractivity contribution >= 4 is 0 Å². The van der Waals surface area contributed by atoms with Gasteiger partial charge in [0.15, 0.2) is 11.9 Å². The minimum atomic E-state index is -0.558. The van der Waals surface area contributed by atoms with Crippen molar-refractivity contribution in [2.75, 3.05) is 19.8 Å². The zero-order chi connectivity index (χ0) is 11.6. The van der Waals surface area contributed by atoms with Gasteiger partial charge in [-0.2, -0.15) is 4.98 Å². The molecule has 0 saturated carbocycles. The second kappa shape index (κ2) is 4.48. The van der Waals surface area contributed by atoms with E-state index < -0.39 is 5.54 Å². The smallest absolute Gasteiger partial charge is 0.258 e. The van der Waals surface area contributed by atoms with E-state index in [9.17, 15) is 0 Å². The van der Waals surface area contributed by atoms with Gasteiger partial charge >= 0.3 is 0 Å². The summed E-state index contributed by atoms with van der Waals surface area (Å²) in [6.07, 6.45) is 0.483. The predicted molar refractivity (Wildman–Crippen MR) is 55.6 cm³/mol. The normalized spacial score (nSPS) is 25.3. The molecule has 1 aromatic heterocycles. The van der Waals surface area contributed by atoms with E-state index in [1.54, 1.807) is 0 Å². The molecule has 0 radical (unpaired) electrons. The first kappa shape index (κ1) is 11.5. The number of aromatic nitrogens is 2. The van der Waals surface area contributed by atoms with E-state index in [0.29, 0.717) is 31.5 Å². The summed E-state index contributed by atoms with van der Waals surface area (Å²) in [5, 5.41) is 3.89. The van der Waals surface area contributed by atoms with Crippen molar-refractivity contribution in [2.24, 2.45) is 5.73 Å². The van der Waals surface area contributed by atoms with Crippen molar-refractivity contribution in [1.82, 2.24) is 10.1 Å². The molecule has 16 heavy (non-hydrogen) atoms. The number of nitrogens with two attached hydrogens (primary N) is 1. The highest BCUT2D eigenvalue weighted by atomic mass is 16.6. The molecular formula is C10H17N3O3. The SMILES string of the molecule is CCC(C)(N)c1noc(C2COCCO2)n1. The van der Waals surface area contributed by atoms with Crippen molar-refractivity contribution in [1.29, 1.82) is 0 Å². The first-order valence-electron chi connectivity index (χ1n) is 5.46. The van der Waals surface area contributed by atoms with E-state index in [0.717, 1.165) is 6.42 Å². The van der Waals surface area contributed by atoms with Crippen LogP contribution in [0.4, 0.5) is 0 Å². The molecule has 2 rings (SSSR count). The highest BCUT2D eigenvalue weighted by Gasteiger charge is 2.29. The minimum absolute atomic E-state index is 0.261. The van der Waals surface area contributed by atoms with Crippen LogP contribution in [-0.2, 0) is 15.0 Å². The average Bonchev–Trinajstić information content (AvgIpc) is 2.80. The third-order valence-electron chi connectivity index (χ3n) is 2.78. The van der Waals surface area contributed by atoms with E-state index in [4.69, 9.17) is 19.7 Å². The zero-order valence-electron chi connectivity index (χ0n) is 9.60. The van der Waals surface area contributed by atoms with Crippen LogP contribution in [0.15, 0.2) is 4.52 Å². The number of nitrogens with zero attached hydrogens (tertiary/aromatic N) is 2. The van der Waals surface area contributed by atoms with Crippen molar-refractivity contribution in [3.8, 4) is 0 Å². The Morgan fingerprint density at radius 2 is 2.31 bits per heavy atom. The molecule has 1 aromatic rings. The summed E-state index contributed by atoms with van der Waals surface area (Å²) >= 11 is 0. The third-order valence-corrected chi connectivity index (χ3v) is 2.78. The Morgan fingerprint density at radius 3 is 2.94 bits per heavy atom. The van der Waals surface area contributed by atoms with E-state index in [-0.39, 0.29) is 6.10 Å². The lowest BCUT2D eigenvalue weighted by Crippen LogP contribution is -2.33. The van der Waals surface area contributed by atoms with E-state index in [1.807, 2.05) is 13.8 Å². The quantitative estimate of drug-likeness (QED) is 0.820. The molecule has 2 N–H and O–H groups in total. The van der Waals surface area contributed by atoms with Gasteiger partial charge in [-0.1, -0.05) is 12.1 Å². The molecule has 0 spiro atoms. The molecule has 2 unspecified atom stereocenters. The molecule has 2 atom stereocenters. The van der Waals surface area contributed by atoms with Crippen LogP contribution >= 0.6 is 0 Å². The molecule has 90 valence electrons. The standard InChI is InChI=1S/C10H17N3O3/c1-3-10(2,11)9-12-8(16-13-9)7-6-14-4-5-15-7/h7H,3-6,11H2,1-2H3. The van der Waals surface area contributed by atoms with Crippen LogP contribution < -0.4 is 5.73 Å². The zero-order valence-corrected chi connectivity index (χ0v) is 9.60. The fourth-order valence-electron chi connectivity index (χ4n) is 1.39. The summed E-state index contributed by atoms with van der Waals surface area (Å²) in [4.78, 5) is 4.27. The molecule has 0 amide bonds. The lowest BCUT2D eigenvalue weighted by atomic mass is 10.0. The highest BCUT2D eigenvalue weighted by molar-refractivity contribution is 5.02. The van der Waals surface area contributed by atoms with Crippen LogP contribution in [0.25, 0.3) is 0 Å².